The van der Waals surface area contributed by atoms with E-state index in [2.05, 4.69) is 40.7 Å². The Balaban J connectivity index is 0.815. The minimum Gasteiger partial charge on any atom is -0.432 e. The van der Waals surface area contributed by atoms with Gasteiger partial charge in [-0.2, -0.15) is 0 Å². The maximum Gasteiger partial charge on any atom is 0.317 e. The summed E-state index contributed by atoms with van der Waals surface area (Å²) in [6.45, 7) is 14.3. The lowest BCUT2D eigenvalue weighted by Crippen LogP contribution is -2.69. The molecule has 10 aliphatic rings. The van der Waals surface area contributed by atoms with E-state index < -0.39 is 189 Å². The molecule has 0 bridgehead atoms. The number of hydrogen-bond acceptors (Lipinski definition) is 25. The molecule has 14 N–H and O–H groups in total. The first-order valence-corrected chi connectivity index (χ1v) is 29.1. The van der Waals surface area contributed by atoms with Crippen molar-refractivity contribution in [3.63, 3.8) is 0 Å². The fraction of sp³-hybridized carbons (Fsp3) is 0.946. The Morgan fingerprint density at radius 2 is 1.11 bits per heavy atom. The first-order valence-electron chi connectivity index (χ1n) is 29.1. The third-order valence-electron chi connectivity index (χ3n) is 21.9. The summed E-state index contributed by atoms with van der Waals surface area (Å²) in [5.74, 6) is -1.28. The Morgan fingerprint density at radius 1 is 0.531 bits per heavy atom. The highest BCUT2D eigenvalue weighted by atomic mass is 16.8. The highest BCUT2D eigenvalue weighted by Gasteiger charge is 2.72. The smallest absolute Gasteiger partial charge is 0.317 e. The number of rotatable bonds is 10. The molecule has 464 valence electrons. The van der Waals surface area contributed by atoms with Gasteiger partial charge in [-0.15, -0.1) is 0 Å². The van der Waals surface area contributed by atoms with Crippen LogP contribution in [0.2, 0.25) is 0 Å². The highest BCUT2D eigenvalue weighted by molar-refractivity contribution is 5.80. The van der Waals surface area contributed by atoms with Crippen LogP contribution in [0.3, 0.4) is 0 Å². The Bertz CT molecular complexity index is 2270. The number of aliphatic hydroxyl groups excluding tert-OH is 13. The molecule has 32 atom stereocenters. The zero-order chi connectivity index (χ0) is 59.0. The van der Waals surface area contributed by atoms with Gasteiger partial charge < -0.3 is 119 Å². The van der Waals surface area contributed by atoms with Gasteiger partial charge in [-0.3, -0.25) is 4.79 Å². The van der Waals surface area contributed by atoms with Crippen LogP contribution in [0.4, 0.5) is 0 Å². The first-order chi connectivity index (χ1) is 37.8. The van der Waals surface area contributed by atoms with Crippen molar-refractivity contribution in [2.24, 2.45) is 44.8 Å². The van der Waals surface area contributed by atoms with E-state index in [0.29, 0.717) is 32.1 Å². The number of allylic oxidation sites excluding steroid dienone is 2. The molecule has 5 saturated heterocycles. The number of fused-ring (bicyclic) bond motifs is 7. The summed E-state index contributed by atoms with van der Waals surface area (Å²) in [4.78, 5) is 15.4. The van der Waals surface area contributed by atoms with Crippen molar-refractivity contribution in [3.05, 3.63) is 11.6 Å². The molecule has 9 fully saturated rings. The summed E-state index contributed by atoms with van der Waals surface area (Å²) >= 11 is 0. The van der Waals surface area contributed by atoms with Gasteiger partial charge in [-0.05, 0) is 118 Å². The molecule has 0 aromatic heterocycles. The van der Waals surface area contributed by atoms with Gasteiger partial charge in [-0.1, -0.05) is 46.3 Å². The summed E-state index contributed by atoms with van der Waals surface area (Å²) in [5, 5.41) is 156. The van der Waals surface area contributed by atoms with E-state index in [1.165, 1.54) is 13.8 Å². The van der Waals surface area contributed by atoms with Gasteiger partial charge >= 0.3 is 5.97 Å². The Morgan fingerprint density at radius 3 is 1.81 bits per heavy atom. The lowest BCUT2D eigenvalue weighted by atomic mass is 9.34. The third kappa shape index (κ3) is 10.3. The van der Waals surface area contributed by atoms with Crippen LogP contribution in [0, 0.1) is 44.8 Å². The molecule has 5 heterocycles. The molecule has 10 rings (SSSR count). The molecule has 25 heteroatoms. The van der Waals surface area contributed by atoms with Crippen molar-refractivity contribution >= 4 is 5.97 Å². The molecule has 5 aliphatic carbocycles. The second-order valence-electron chi connectivity index (χ2n) is 27.2. The van der Waals surface area contributed by atoms with E-state index in [1.807, 2.05) is 0 Å². The topological polar surface area (TPSA) is 393 Å². The number of carbonyl (C=O) groups excluding carboxylic acids is 1. The molecule has 4 saturated carbocycles. The van der Waals surface area contributed by atoms with E-state index in [0.717, 1.165) is 18.4 Å². The van der Waals surface area contributed by atoms with Crippen molar-refractivity contribution in [1.29, 1.82) is 0 Å². The second-order valence-corrected chi connectivity index (χ2v) is 27.2. The van der Waals surface area contributed by atoms with E-state index in [-0.39, 0.29) is 47.5 Å². The summed E-state index contributed by atoms with van der Waals surface area (Å²) < 4.78 is 58.3. The van der Waals surface area contributed by atoms with Crippen molar-refractivity contribution in [1.82, 2.24) is 0 Å². The van der Waals surface area contributed by atoms with Crippen LogP contribution < -0.4 is 0 Å². The molecule has 25 nitrogen and oxygen atoms in total. The van der Waals surface area contributed by atoms with E-state index in [9.17, 15) is 71.5 Å². The van der Waals surface area contributed by atoms with Gasteiger partial charge in [0.2, 0.25) is 6.29 Å². The molecule has 0 amide bonds. The van der Waals surface area contributed by atoms with Crippen molar-refractivity contribution in [2.45, 2.75) is 266 Å². The molecule has 0 aromatic rings. The van der Waals surface area contributed by atoms with Crippen molar-refractivity contribution in [2.75, 3.05) is 19.8 Å². The first kappa shape index (κ1) is 62.3. The summed E-state index contributed by atoms with van der Waals surface area (Å²) in [6, 6.07) is 0. The van der Waals surface area contributed by atoms with Gasteiger partial charge in [0, 0.05) is 0 Å². The molecule has 0 radical (unpaired) electrons. The number of aliphatic hydroxyl groups is 14. The highest BCUT2D eigenvalue weighted by Crippen LogP contribution is 2.75. The second kappa shape index (κ2) is 22.5. The lowest BCUT2D eigenvalue weighted by molar-refractivity contribution is -0.380. The van der Waals surface area contributed by atoms with E-state index >= 15 is 4.79 Å². The number of ether oxygens (including phenoxy) is 10. The Kier molecular flexibility index (Phi) is 17.3. The van der Waals surface area contributed by atoms with Crippen LogP contribution in [0.15, 0.2) is 11.6 Å². The Labute approximate surface area is 470 Å². The molecular weight excluding hydrogens is 1070 g/mol. The normalized spacial score (nSPS) is 56.5. The maximum atomic E-state index is 15.4. The minimum atomic E-state index is -1.98. The van der Waals surface area contributed by atoms with Crippen LogP contribution in [-0.2, 0) is 52.2 Å². The van der Waals surface area contributed by atoms with Crippen molar-refractivity contribution < 1.29 is 124 Å². The minimum absolute atomic E-state index is 0.111. The largest absolute Gasteiger partial charge is 0.432 e. The SMILES string of the molecule is C[C@@H]1O[C@@H](O[C@H]2[C@H](OC(=O)[C@]34CCC(C)(C)C[C@H]3C3=CCC5[C@@]6(C)CC[C@H](O)[C@@](C)(O)[C@@H]6CC[C@@]5(C)[C@]3(C)C[C@H]4O)O[C@H](C)[C@H](O)[C@@H]2O)[C@H](O)[C@H](O)[C@H]1O[C@@H]1OC[C@@H](O)[C@H](O[C@@H]2OC[C@H](O[C@@H]3OC[C@H](O)[C@H](O)[C@H]3O)[C@H](O)[C@H]2O)[C@H]1O. The van der Waals surface area contributed by atoms with Gasteiger partial charge in [-0.25, -0.2) is 0 Å². The van der Waals surface area contributed by atoms with E-state index in [4.69, 9.17) is 47.4 Å². The standard InChI is InChI=1S/C56H90O25/c1-22-33(61)36(64)44(49(75-22)81-50(70)56-16-15-51(3,4)17-25(56)24-9-10-29-52(5)13-12-31(59)55(8,71)30(52)11-14-53(29,6)54(24,7)18-32(56)60)80-48-40(68)37(65)42(23(2)76-48)78-47-41(69)43(27(58)20-73-47)79-46-39(67)35(63)28(21-74-46)77-45-38(66)34(62)26(57)19-72-45/h9,22-23,25-49,57-69,71H,10-21H2,1-8H3/t22-,23+,25+,26+,27-,28+,29?,30-,31+,32-,33+,34+,35+,36+,37+,38-,39-,40-,41-,42+,43+,44-,45+,46+,47+,48+,49+,52-,53-,54-,55+,56-/m1/s1. The summed E-state index contributed by atoms with van der Waals surface area (Å²) in [6.07, 6.45) is -30.7. The van der Waals surface area contributed by atoms with Gasteiger partial charge in [0.25, 0.3) is 0 Å². The average molecular weight is 1160 g/mol. The lowest BCUT2D eigenvalue weighted by Gasteiger charge is -2.71. The van der Waals surface area contributed by atoms with E-state index in [1.54, 1.807) is 6.92 Å². The molecule has 0 spiro atoms. The molecular formula is C56H90O25. The number of hydrogen-bond donors (Lipinski definition) is 14. The van der Waals surface area contributed by atoms with Crippen LogP contribution in [-0.4, -0.2) is 250 Å². The van der Waals surface area contributed by atoms with Crippen LogP contribution in [0.5, 0.6) is 0 Å². The fourth-order valence-corrected chi connectivity index (χ4v) is 16.7. The molecule has 81 heavy (non-hydrogen) atoms. The van der Waals surface area contributed by atoms with Gasteiger partial charge in [0.15, 0.2) is 31.3 Å². The number of esters is 1. The van der Waals surface area contributed by atoms with Gasteiger partial charge in [0.1, 0.15) is 90.9 Å². The van der Waals surface area contributed by atoms with Crippen LogP contribution >= 0.6 is 0 Å². The third-order valence-corrected chi connectivity index (χ3v) is 21.9. The maximum absolute atomic E-state index is 15.4. The van der Waals surface area contributed by atoms with Crippen molar-refractivity contribution in [3.8, 4) is 0 Å². The fourth-order valence-electron chi connectivity index (χ4n) is 16.7. The zero-order valence-corrected chi connectivity index (χ0v) is 47.4. The summed E-state index contributed by atoms with van der Waals surface area (Å²) in [7, 11) is 0. The molecule has 5 aliphatic heterocycles. The predicted molar refractivity (Wildman–Crippen MR) is 273 cm³/mol. The van der Waals surface area contributed by atoms with Crippen LogP contribution in [0.1, 0.15) is 113 Å². The molecule has 0 aromatic carbocycles. The summed E-state index contributed by atoms with van der Waals surface area (Å²) in [5.41, 5.74) is -3.10. The zero-order valence-electron chi connectivity index (χ0n) is 47.4. The quantitative estimate of drug-likeness (QED) is 0.0791. The Hall–Kier alpha value is -1.71. The monoisotopic (exact) mass is 1160 g/mol. The van der Waals surface area contributed by atoms with Crippen LogP contribution in [0.25, 0.3) is 0 Å². The predicted octanol–water partition coefficient (Wildman–Crippen LogP) is -2.54. The molecule has 1 unspecified atom stereocenters. The average Bonchev–Trinajstić information content (AvgIpc) is 1.44. The van der Waals surface area contributed by atoms with Gasteiger partial charge in [0.05, 0.1) is 49.8 Å². The number of carbonyl (C=O) groups is 1.